The molecule has 3 N–H and O–H groups in total. The largest absolute Gasteiger partial charge is 0.394 e. The molecular weight excluding hydrogens is 414 g/mol. The minimum absolute atomic E-state index is 0.0324. The fourth-order valence-electron chi connectivity index (χ4n) is 6.44. The molecule has 3 aliphatic rings. The van der Waals surface area contributed by atoms with Crippen LogP contribution in [-0.4, -0.2) is 69.0 Å². The van der Waals surface area contributed by atoms with E-state index in [2.05, 4.69) is 31.4 Å². The van der Waals surface area contributed by atoms with Crippen molar-refractivity contribution in [2.24, 2.45) is 17.3 Å². The van der Waals surface area contributed by atoms with Crippen molar-refractivity contribution in [2.75, 3.05) is 13.7 Å². The van der Waals surface area contributed by atoms with Gasteiger partial charge in [-0.2, -0.15) is 0 Å². The number of carbonyl (C=O) groups is 3. The van der Waals surface area contributed by atoms with E-state index >= 15 is 0 Å². The molecule has 3 fully saturated rings. The van der Waals surface area contributed by atoms with Crippen molar-refractivity contribution in [1.82, 2.24) is 15.5 Å². The zero-order valence-electron chi connectivity index (χ0n) is 19.9. The number of hydrogen-bond acceptors (Lipinski definition) is 5. The quantitative estimate of drug-likeness (QED) is 0.547. The number of likely N-dealkylation sites (tertiary alicyclic amines) is 1. The Balaban J connectivity index is 2.00. The number of rotatable bonds is 7. The molecule has 3 amide bonds. The molecule has 3 saturated heterocycles. The van der Waals surface area contributed by atoms with Gasteiger partial charge in [0.25, 0.3) is 0 Å². The first kappa shape index (κ1) is 24.4. The average molecular weight is 454 g/mol. The van der Waals surface area contributed by atoms with Gasteiger partial charge in [0.05, 0.1) is 29.2 Å². The van der Waals surface area contributed by atoms with Crippen LogP contribution in [-0.2, 0) is 14.4 Å². The average Bonchev–Trinajstić information content (AvgIpc) is 3.27. The van der Waals surface area contributed by atoms with Gasteiger partial charge >= 0.3 is 0 Å². The van der Waals surface area contributed by atoms with E-state index in [-0.39, 0.29) is 35.0 Å². The number of thioether (sulfide) groups is 1. The Kier molecular flexibility index (Phi) is 6.48. The Bertz CT molecular complexity index is 746. The monoisotopic (exact) mass is 453 g/mol. The topological polar surface area (TPSA) is 98.7 Å². The van der Waals surface area contributed by atoms with Crippen molar-refractivity contribution in [3.8, 4) is 0 Å². The molecule has 7 nitrogen and oxygen atoms in total. The van der Waals surface area contributed by atoms with Gasteiger partial charge in [0, 0.05) is 17.8 Å². The van der Waals surface area contributed by atoms with Gasteiger partial charge in [0.15, 0.2) is 0 Å². The first-order valence-electron chi connectivity index (χ1n) is 11.5. The number of aliphatic hydroxyl groups is 1. The highest BCUT2D eigenvalue weighted by Gasteiger charge is 2.74. The zero-order valence-corrected chi connectivity index (χ0v) is 20.8. The van der Waals surface area contributed by atoms with Crippen molar-refractivity contribution < 1.29 is 19.5 Å². The molecule has 1 spiro atoms. The molecule has 0 saturated carbocycles. The molecule has 0 aromatic heterocycles. The summed E-state index contributed by atoms with van der Waals surface area (Å²) in [6, 6.07) is -1.11. The molecule has 3 heterocycles. The number of nitrogens with one attached hydrogen (secondary N) is 2. The lowest BCUT2D eigenvalue weighted by Crippen LogP contribution is -2.60. The minimum Gasteiger partial charge on any atom is -0.394 e. The molecule has 3 rings (SSSR count). The van der Waals surface area contributed by atoms with E-state index in [0.29, 0.717) is 6.42 Å². The molecule has 31 heavy (non-hydrogen) atoms. The number of hydrogen-bond donors (Lipinski definition) is 3. The van der Waals surface area contributed by atoms with Crippen LogP contribution in [0.25, 0.3) is 0 Å². The Hall–Kier alpha value is -1.28. The lowest BCUT2D eigenvalue weighted by atomic mass is 9.70. The van der Waals surface area contributed by atoms with Crippen LogP contribution >= 0.6 is 11.8 Å². The molecule has 2 unspecified atom stereocenters. The summed E-state index contributed by atoms with van der Waals surface area (Å²) in [6.07, 6.45) is 2.91. The summed E-state index contributed by atoms with van der Waals surface area (Å²) in [5.74, 6) is -1.38. The van der Waals surface area contributed by atoms with E-state index in [9.17, 15) is 19.5 Å². The standard InChI is InChI=1S/C23H39N3O4S/c1-8-13(11-27)26-17(19(29)25-22(5,6)12-21(2,3)4)23-10-9-14(31-23)15(18(28)24-7)16(23)20(26)30/h13-17,27H,8-12H2,1-7H3,(H,24,28)(H,25,29)/t13-,14-,15+,16-,17?,23?/m0/s1. The number of fused-ring (bicyclic) bond motifs is 1. The van der Waals surface area contributed by atoms with Crippen LogP contribution in [0.1, 0.15) is 67.2 Å². The van der Waals surface area contributed by atoms with E-state index in [1.54, 1.807) is 23.7 Å². The van der Waals surface area contributed by atoms with Gasteiger partial charge in [-0.05, 0) is 44.9 Å². The molecule has 0 aliphatic carbocycles. The van der Waals surface area contributed by atoms with Crippen molar-refractivity contribution in [2.45, 2.75) is 94.8 Å². The van der Waals surface area contributed by atoms with Crippen molar-refractivity contribution in [3.63, 3.8) is 0 Å². The molecule has 6 atom stereocenters. The third kappa shape index (κ3) is 4.10. The van der Waals surface area contributed by atoms with E-state index in [4.69, 9.17) is 0 Å². The van der Waals surface area contributed by atoms with Gasteiger partial charge in [-0.3, -0.25) is 14.4 Å². The zero-order chi connectivity index (χ0) is 23.4. The number of aliphatic hydroxyl groups excluding tert-OH is 1. The predicted molar refractivity (Wildman–Crippen MR) is 122 cm³/mol. The minimum atomic E-state index is -0.675. The highest BCUT2D eigenvalue weighted by atomic mass is 32.2. The predicted octanol–water partition coefficient (Wildman–Crippen LogP) is 1.93. The second-order valence-corrected chi connectivity index (χ2v) is 12.9. The number of carbonyl (C=O) groups excluding carboxylic acids is 3. The van der Waals surface area contributed by atoms with Crippen LogP contribution in [0.4, 0.5) is 0 Å². The third-order valence-corrected chi connectivity index (χ3v) is 9.00. The maximum atomic E-state index is 13.8. The molecule has 0 radical (unpaired) electrons. The van der Waals surface area contributed by atoms with Crippen LogP contribution in [0.5, 0.6) is 0 Å². The molecule has 2 bridgehead atoms. The normalized spacial score (nSPS) is 33.4. The lowest BCUT2D eigenvalue weighted by molar-refractivity contribution is -0.143. The van der Waals surface area contributed by atoms with Crippen LogP contribution in [0, 0.1) is 17.3 Å². The van der Waals surface area contributed by atoms with Gasteiger partial charge < -0.3 is 20.6 Å². The van der Waals surface area contributed by atoms with Gasteiger partial charge in [-0.25, -0.2) is 0 Å². The number of amides is 3. The first-order valence-corrected chi connectivity index (χ1v) is 12.3. The maximum Gasteiger partial charge on any atom is 0.244 e. The summed E-state index contributed by atoms with van der Waals surface area (Å²) < 4.78 is -0.608. The van der Waals surface area contributed by atoms with Crippen LogP contribution in [0.3, 0.4) is 0 Å². The molecule has 0 aromatic rings. The molecule has 176 valence electrons. The maximum absolute atomic E-state index is 13.8. The highest BCUT2D eigenvalue weighted by Crippen LogP contribution is 2.66. The highest BCUT2D eigenvalue weighted by molar-refractivity contribution is 8.02. The van der Waals surface area contributed by atoms with E-state index < -0.39 is 34.2 Å². The van der Waals surface area contributed by atoms with Crippen molar-refractivity contribution in [1.29, 1.82) is 0 Å². The first-order chi connectivity index (χ1) is 14.3. The summed E-state index contributed by atoms with van der Waals surface area (Å²) in [5.41, 5.74) is -0.411. The fourth-order valence-corrected chi connectivity index (χ4v) is 8.64. The van der Waals surface area contributed by atoms with Crippen molar-refractivity contribution >= 4 is 29.5 Å². The summed E-state index contributed by atoms with van der Waals surface area (Å²) in [7, 11) is 1.60. The SMILES string of the molecule is CC[C@@H](CO)N1C(=O)[C@@H]2[C@H](C(=O)NC)[C@@H]3CCC2(S3)C1C(=O)NC(C)(C)CC(C)(C)C. The molecule has 3 aliphatic heterocycles. The second-order valence-electron chi connectivity index (χ2n) is 11.3. The van der Waals surface area contributed by atoms with E-state index in [1.807, 2.05) is 20.8 Å². The van der Waals surface area contributed by atoms with E-state index in [1.165, 1.54) is 0 Å². The summed E-state index contributed by atoms with van der Waals surface area (Å²) in [5, 5.41) is 16.0. The smallest absolute Gasteiger partial charge is 0.244 e. The van der Waals surface area contributed by atoms with Crippen LogP contribution in [0.15, 0.2) is 0 Å². The summed E-state index contributed by atoms with van der Waals surface area (Å²) in [6.45, 7) is 12.2. The lowest BCUT2D eigenvalue weighted by Gasteiger charge is -2.40. The second kappa shape index (κ2) is 8.25. The molecule has 0 aromatic carbocycles. The summed E-state index contributed by atoms with van der Waals surface area (Å²) in [4.78, 5) is 41.9. The molecule has 8 heteroatoms. The Morgan fingerprint density at radius 2 is 1.90 bits per heavy atom. The fraction of sp³-hybridized carbons (Fsp3) is 0.870. The van der Waals surface area contributed by atoms with Gasteiger partial charge in [-0.15, -0.1) is 11.8 Å². The van der Waals surface area contributed by atoms with Gasteiger partial charge in [-0.1, -0.05) is 27.7 Å². The van der Waals surface area contributed by atoms with Crippen LogP contribution < -0.4 is 10.6 Å². The van der Waals surface area contributed by atoms with Crippen LogP contribution in [0.2, 0.25) is 0 Å². The van der Waals surface area contributed by atoms with Gasteiger partial charge in [0.2, 0.25) is 17.7 Å². The third-order valence-electron chi connectivity index (χ3n) is 7.04. The Morgan fingerprint density at radius 3 is 2.42 bits per heavy atom. The Labute approximate surface area is 190 Å². The number of nitrogens with zero attached hydrogens (tertiary/aromatic N) is 1. The van der Waals surface area contributed by atoms with Crippen molar-refractivity contribution in [3.05, 3.63) is 0 Å². The van der Waals surface area contributed by atoms with Gasteiger partial charge in [0.1, 0.15) is 6.04 Å². The van der Waals surface area contributed by atoms with E-state index in [0.717, 1.165) is 19.3 Å². The summed E-state index contributed by atoms with van der Waals surface area (Å²) >= 11 is 1.66. The Morgan fingerprint density at radius 1 is 1.26 bits per heavy atom. The molecular formula is C23H39N3O4S.